The number of carbonyl (C=O) groups excluding carboxylic acids is 2. The molecule has 196 valence electrons. The van der Waals surface area contributed by atoms with Gasteiger partial charge in [0.25, 0.3) is 10.0 Å². The van der Waals surface area contributed by atoms with E-state index in [-0.39, 0.29) is 22.7 Å². The van der Waals surface area contributed by atoms with E-state index in [1.165, 1.54) is 55.5 Å². The third-order valence-electron chi connectivity index (χ3n) is 5.83. The van der Waals surface area contributed by atoms with Gasteiger partial charge in [-0.1, -0.05) is 48.0 Å². The number of halogens is 2. The molecule has 0 heterocycles. The van der Waals surface area contributed by atoms with E-state index in [2.05, 4.69) is 5.32 Å². The van der Waals surface area contributed by atoms with Crippen LogP contribution in [0.4, 0.5) is 14.5 Å². The first-order valence-corrected chi connectivity index (χ1v) is 13.1. The van der Waals surface area contributed by atoms with E-state index >= 15 is 0 Å². The maximum Gasteiger partial charge on any atom is 0.264 e. The number of para-hydroxylation sites is 1. The van der Waals surface area contributed by atoms with Crippen molar-refractivity contribution < 1.29 is 26.8 Å². The molecule has 10 heteroatoms. The summed E-state index contributed by atoms with van der Waals surface area (Å²) in [7, 11) is -4.39. The molecule has 37 heavy (non-hydrogen) atoms. The molecule has 0 aliphatic heterocycles. The molecule has 0 aliphatic rings. The number of hydrogen-bond donors (Lipinski definition) is 1. The van der Waals surface area contributed by atoms with E-state index in [0.717, 1.165) is 16.5 Å². The fourth-order valence-electron chi connectivity index (χ4n) is 3.72. The van der Waals surface area contributed by atoms with Crippen LogP contribution in [0.15, 0.2) is 77.7 Å². The van der Waals surface area contributed by atoms with Crippen LogP contribution in [0.25, 0.3) is 0 Å². The van der Waals surface area contributed by atoms with Crippen molar-refractivity contribution in [2.24, 2.45) is 0 Å². The topological polar surface area (TPSA) is 86.8 Å². The smallest absolute Gasteiger partial charge is 0.264 e. The fraction of sp³-hybridized carbons (Fsp3) is 0.259. The van der Waals surface area contributed by atoms with E-state index in [9.17, 15) is 26.8 Å². The maximum absolute atomic E-state index is 14.8. The molecule has 0 radical (unpaired) electrons. The van der Waals surface area contributed by atoms with Crippen molar-refractivity contribution in [2.45, 2.75) is 38.3 Å². The van der Waals surface area contributed by atoms with Crippen LogP contribution in [0.5, 0.6) is 0 Å². The monoisotopic (exact) mass is 529 g/mol. The van der Waals surface area contributed by atoms with E-state index in [0.29, 0.717) is 10.8 Å². The number of anilines is 1. The summed E-state index contributed by atoms with van der Waals surface area (Å²) in [5.41, 5.74) is 0.637. The molecule has 2 amide bonds. The second-order valence-corrected chi connectivity index (χ2v) is 10.3. The molecular weight excluding hydrogens is 500 g/mol. The predicted octanol–water partition coefficient (Wildman–Crippen LogP) is 4.02. The van der Waals surface area contributed by atoms with Crippen molar-refractivity contribution in [3.8, 4) is 0 Å². The summed E-state index contributed by atoms with van der Waals surface area (Å²) >= 11 is 0. The lowest BCUT2D eigenvalue weighted by Crippen LogP contribution is -2.51. The minimum absolute atomic E-state index is 0.133. The number of likely N-dealkylation sites (N-methyl/N-ethyl adjacent to an activating group) is 1. The standard InChI is InChI=1S/C27H29F2N3O4S/c1-4-30-27(34)20(3)31(17-21-9-5-6-10-23(21)28)26(33)18-32(25-12-8-7-11-24(25)29)37(35,36)22-15-13-19(2)14-16-22/h5-16,20H,4,17-18H2,1-3H3,(H,30,34)/t20-/m1/s1. The van der Waals surface area contributed by atoms with Crippen LogP contribution < -0.4 is 9.62 Å². The van der Waals surface area contributed by atoms with Crippen molar-refractivity contribution in [1.82, 2.24) is 10.2 Å². The molecule has 0 saturated carbocycles. The Morgan fingerprint density at radius 1 is 0.919 bits per heavy atom. The van der Waals surface area contributed by atoms with Crippen LogP contribution in [0.1, 0.15) is 25.0 Å². The second-order valence-electron chi connectivity index (χ2n) is 8.46. The first-order valence-electron chi connectivity index (χ1n) is 11.7. The molecule has 0 spiro atoms. The van der Waals surface area contributed by atoms with Crippen molar-refractivity contribution in [2.75, 3.05) is 17.4 Å². The van der Waals surface area contributed by atoms with E-state index in [4.69, 9.17) is 0 Å². The molecule has 0 unspecified atom stereocenters. The zero-order valence-corrected chi connectivity index (χ0v) is 21.6. The molecule has 1 atom stereocenters. The molecule has 3 aromatic rings. The highest BCUT2D eigenvalue weighted by Gasteiger charge is 2.33. The zero-order valence-electron chi connectivity index (χ0n) is 20.8. The van der Waals surface area contributed by atoms with E-state index < -0.39 is 46.1 Å². The Hall–Kier alpha value is -3.79. The molecule has 1 N–H and O–H groups in total. The van der Waals surface area contributed by atoms with Gasteiger partial charge in [-0.05, 0) is 51.1 Å². The fourth-order valence-corrected chi connectivity index (χ4v) is 5.14. The Bertz CT molecular complexity index is 1360. The van der Waals surface area contributed by atoms with Gasteiger partial charge < -0.3 is 10.2 Å². The van der Waals surface area contributed by atoms with Crippen LogP contribution >= 0.6 is 0 Å². The second kappa shape index (κ2) is 12.0. The number of rotatable bonds is 10. The summed E-state index contributed by atoms with van der Waals surface area (Å²) in [6.45, 7) is 4.16. The number of benzene rings is 3. The number of aryl methyl sites for hydroxylation is 1. The lowest BCUT2D eigenvalue weighted by Gasteiger charge is -2.32. The van der Waals surface area contributed by atoms with Gasteiger partial charge in [0.2, 0.25) is 11.8 Å². The number of nitrogens with zero attached hydrogens (tertiary/aromatic N) is 2. The largest absolute Gasteiger partial charge is 0.355 e. The van der Waals surface area contributed by atoms with Crippen LogP contribution in [-0.4, -0.2) is 44.3 Å². The molecule has 7 nitrogen and oxygen atoms in total. The van der Waals surface area contributed by atoms with Gasteiger partial charge in [0.05, 0.1) is 10.6 Å². The summed E-state index contributed by atoms with van der Waals surface area (Å²) in [6, 6.07) is 15.8. The highest BCUT2D eigenvalue weighted by atomic mass is 32.2. The zero-order chi connectivity index (χ0) is 27.2. The molecule has 0 aromatic heterocycles. The lowest BCUT2D eigenvalue weighted by atomic mass is 10.1. The summed E-state index contributed by atoms with van der Waals surface area (Å²) in [5, 5.41) is 2.62. The first-order chi connectivity index (χ1) is 17.6. The van der Waals surface area contributed by atoms with Gasteiger partial charge >= 0.3 is 0 Å². The molecular formula is C27H29F2N3O4S. The normalized spacial score (nSPS) is 12.0. The van der Waals surface area contributed by atoms with Gasteiger partial charge in [-0.25, -0.2) is 17.2 Å². The number of amides is 2. The maximum atomic E-state index is 14.8. The lowest BCUT2D eigenvalue weighted by molar-refractivity contribution is -0.139. The third-order valence-corrected chi connectivity index (χ3v) is 7.60. The SMILES string of the molecule is CCNC(=O)[C@@H](C)N(Cc1ccccc1F)C(=O)CN(c1ccccc1F)S(=O)(=O)c1ccc(C)cc1. The Balaban J connectivity index is 2.05. The molecule has 3 rings (SSSR count). The number of carbonyl (C=O) groups is 2. The predicted molar refractivity (Wildman–Crippen MR) is 137 cm³/mol. The number of hydrogen-bond acceptors (Lipinski definition) is 4. The third kappa shape index (κ3) is 6.51. The Morgan fingerprint density at radius 3 is 2.11 bits per heavy atom. The Labute approximate surface area is 215 Å². The summed E-state index contributed by atoms with van der Waals surface area (Å²) < 4.78 is 57.2. The van der Waals surface area contributed by atoms with Crippen molar-refractivity contribution >= 4 is 27.5 Å². The van der Waals surface area contributed by atoms with Gasteiger partial charge in [0.1, 0.15) is 24.2 Å². The number of nitrogens with one attached hydrogen (secondary N) is 1. The molecule has 3 aromatic carbocycles. The van der Waals surface area contributed by atoms with Crippen molar-refractivity contribution in [1.29, 1.82) is 0 Å². The highest BCUT2D eigenvalue weighted by Crippen LogP contribution is 2.27. The van der Waals surface area contributed by atoms with Crippen LogP contribution in [0.3, 0.4) is 0 Å². The Morgan fingerprint density at radius 2 is 1.51 bits per heavy atom. The van der Waals surface area contributed by atoms with Crippen LogP contribution in [0, 0.1) is 18.6 Å². The van der Waals surface area contributed by atoms with Gasteiger partial charge in [-0.3, -0.25) is 13.9 Å². The van der Waals surface area contributed by atoms with Crippen LogP contribution in [0.2, 0.25) is 0 Å². The number of sulfonamides is 1. The summed E-state index contributed by atoms with van der Waals surface area (Å²) in [5.74, 6) is -2.72. The van der Waals surface area contributed by atoms with E-state index in [1.807, 2.05) is 0 Å². The summed E-state index contributed by atoms with van der Waals surface area (Å²) in [4.78, 5) is 27.2. The average Bonchev–Trinajstić information content (AvgIpc) is 2.87. The molecule has 0 saturated heterocycles. The first kappa shape index (κ1) is 27.8. The molecule has 0 fully saturated rings. The van der Waals surface area contributed by atoms with Crippen molar-refractivity contribution in [3.05, 3.63) is 95.6 Å². The van der Waals surface area contributed by atoms with E-state index in [1.54, 1.807) is 32.0 Å². The van der Waals surface area contributed by atoms with Gasteiger partial charge in [-0.2, -0.15) is 0 Å². The van der Waals surface area contributed by atoms with Gasteiger partial charge in [0.15, 0.2) is 0 Å². The van der Waals surface area contributed by atoms with Gasteiger partial charge in [-0.15, -0.1) is 0 Å². The average molecular weight is 530 g/mol. The molecule has 0 aliphatic carbocycles. The van der Waals surface area contributed by atoms with Crippen LogP contribution in [-0.2, 0) is 26.2 Å². The minimum Gasteiger partial charge on any atom is -0.355 e. The van der Waals surface area contributed by atoms with Crippen molar-refractivity contribution in [3.63, 3.8) is 0 Å². The van der Waals surface area contributed by atoms with Gasteiger partial charge in [0, 0.05) is 18.7 Å². The molecule has 0 bridgehead atoms. The summed E-state index contributed by atoms with van der Waals surface area (Å²) in [6.07, 6.45) is 0. The Kier molecular flexibility index (Phi) is 8.99. The minimum atomic E-state index is -4.39. The highest BCUT2D eigenvalue weighted by molar-refractivity contribution is 7.92. The quantitative estimate of drug-likeness (QED) is 0.430.